The van der Waals surface area contributed by atoms with Crippen LogP contribution in [-0.4, -0.2) is 54.3 Å². The normalized spacial score (nSPS) is 19.2. The molecule has 1 aliphatic carbocycles. The Kier molecular flexibility index (Phi) is 7.52. The van der Waals surface area contributed by atoms with Crippen LogP contribution in [0, 0.1) is 13.8 Å². The maximum atomic E-state index is 13.9. The highest BCUT2D eigenvalue weighted by Gasteiger charge is 2.35. The molecule has 0 unspecified atom stereocenters. The van der Waals surface area contributed by atoms with Gasteiger partial charge < -0.3 is 9.72 Å². The zero-order chi connectivity index (χ0) is 26.8. The quantitative estimate of drug-likeness (QED) is 0.351. The van der Waals surface area contributed by atoms with Gasteiger partial charge >= 0.3 is 0 Å². The van der Waals surface area contributed by atoms with E-state index in [1.54, 1.807) is 6.20 Å². The van der Waals surface area contributed by atoms with Gasteiger partial charge in [0.05, 0.1) is 17.7 Å². The lowest BCUT2D eigenvalue weighted by Gasteiger charge is -2.34. The first-order valence-corrected chi connectivity index (χ1v) is 14.2. The zero-order valence-corrected chi connectivity index (χ0v) is 22.8. The molecule has 0 amide bonds. The minimum atomic E-state index is -0.445. The van der Waals surface area contributed by atoms with Crippen molar-refractivity contribution in [1.82, 2.24) is 35.1 Å². The van der Waals surface area contributed by atoms with Gasteiger partial charge in [-0.3, -0.25) is 14.7 Å². The number of aromatic amines is 1. The Balaban J connectivity index is 1.52. The molecule has 204 valence electrons. The van der Waals surface area contributed by atoms with Gasteiger partial charge in [0, 0.05) is 43.0 Å². The summed E-state index contributed by atoms with van der Waals surface area (Å²) in [6, 6.07) is 10.1. The lowest BCUT2D eigenvalue weighted by molar-refractivity contribution is 0.0567. The summed E-state index contributed by atoms with van der Waals surface area (Å²) in [5, 5.41) is 14.3. The van der Waals surface area contributed by atoms with Gasteiger partial charge in [-0.1, -0.05) is 37.5 Å². The second-order valence-corrected chi connectivity index (χ2v) is 11.1. The third-order valence-corrected chi connectivity index (χ3v) is 8.39. The largest absolute Gasteiger partial charge is 0.377 e. The van der Waals surface area contributed by atoms with Crippen molar-refractivity contribution in [2.24, 2.45) is 0 Å². The van der Waals surface area contributed by atoms with Gasteiger partial charge in [0.25, 0.3) is 5.56 Å². The van der Waals surface area contributed by atoms with E-state index >= 15 is 0 Å². The lowest BCUT2D eigenvalue weighted by Crippen LogP contribution is -2.39. The molecule has 6 rings (SSSR count). The molecular weight excluding hydrogens is 490 g/mol. The molecule has 2 fully saturated rings. The van der Waals surface area contributed by atoms with Crippen LogP contribution in [0.4, 0.5) is 0 Å². The number of fused-ring (bicyclic) bond motifs is 1. The second kappa shape index (κ2) is 11.4. The standard InChI is InChI=1S/C30H37N7O2/c1-20-12-13-21(2)27-25(20)16-26(30(38)32-27)28(29-33-34-35-37(29)23-9-4-3-5-10-23)36(19-24-11-7-15-39-24)18-22-8-6-14-31-17-22/h6,8,12-14,16-17,23-24,28H,3-5,7,9-11,15,18-19H2,1-2H3,(H,32,38)/t24-,28-/m1/s1. The molecule has 1 aromatic carbocycles. The van der Waals surface area contributed by atoms with E-state index in [4.69, 9.17) is 4.74 Å². The van der Waals surface area contributed by atoms with E-state index in [-0.39, 0.29) is 17.7 Å². The number of pyridine rings is 2. The summed E-state index contributed by atoms with van der Waals surface area (Å²) in [7, 11) is 0. The van der Waals surface area contributed by atoms with Gasteiger partial charge in [-0.25, -0.2) is 4.68 Å². The van der Waals surface area contributed by atoms with Crippen molar-refractivity contribution in [3.63, 3.8) is 0 Å². The van der Waals surface area contributed by atoms with Crippen LogP contribution in [0.5, 0.6) is 0 Å². The van der Waals surface area contributed by atoms with Crippen LogP contribution < -0.4 is 5.56 Å². The fourth-order valence-corrected chi connectivity index (χ4v) is 6.30. The Morgan fingerprint density at radius 3 is 2.72 bits per heavy atom. The Hall–Kier alpha value is -3.43. The molecule has 1 saturated carbocycles. The van der Waals surface area contributed by atoms with Crippen molar-refractivity contribution >= 4 is 10.9 Å². The Labute approximate surface area is 228 Å². The SMILES string of the molecule is Cc1ccc(C)c2[nH]c(=O)c([C@H](c3nnnn3C3CCCCC3)N(Cc3cccnc3)C[C@H]3CCCO3)cc12. The summed E-state index contributed by atoms with van der Waals surface area (Å²) in [6.45, 7) is 6.15. The fraction of sp³-hybridized carbons (Fsp3) is 0.500. The van der Waals surface area contributed by atoms with Crippen LogP contribution in [0.15, 0.2) is 47.5 Å². The third kappa shape index (κ3) is 5.38. The van der Waals surface area contributed by atoms with Crippen LogP contribution in [-0.2, 0) is 11.3 Å². The lowest BCUT2D eigenvalue weighted by atomic mass is 9.94. The first-order valence-electron chi connectivity index (χ1n) is 14.2. The van der Waals surface area contributed by atoms with Gasteiger partial charge in [-0.05, 0) is 78.8 Å². The number of aromatic nitrogens is 6. The van der Waals surface area contributed by atoms with E-state index in [1.165, 1.54) is 19.3 Å². The molecule has 2 aliphatic rings. The van der Waals surface area contributed by atoms with Crippen LogP contribution in [0.1, 0.15) is 85.1 Å². The average Bonchev–Trinajstić information content (AvgIpc) is 3.65. The molecule has 1 saturated heterocycles. The van der Waals surface area contributed by atoms with Crippen molar-refractivity contribution in [3.8, 4) is 0 Å². The highest BCUT2D eigenvalue weighted by molar-refractivity contribution is 5.85. The molecule has 2 atom stereocenters. The molecule has 3 aromatic heterocycles. The maximum absolute atomic E-state index is 13.9. The topological polar surface area (TPSA) is 102 Å². The van der Waals surface area contributed by atoms with Crippen molar-refractivity contribution in [3.05, 3.63) is 81.2 Å². The first-order chi connectivity index (χ1) is 19.1. The van der Waals surface area contributed by atoms with E-state index in [9.17, 15) is 4.79 Å². The van der Waals surface area contributed by atoms with E-state index in [2.05, 4.69) is 61.6 Å². The number of tetrazole rings is 1. The third-order valence-electron chi connectivity index (χ3n) is 8.39. The van der Waals surface area contributed by atoms with Gasteiger partial charge in [0.2, 0.25) is 0 Å². The Morgan fingerprint density at radius 1 is 1.10 bits per heavy atom. The summed E-state index contributed by atoms with van der Waals surface area (Å²) in [5.41, 5.74) is 4.67. The monoisotopic (exact) mass is 527 g/mol. The van der Waals surface area contributed by atoms with Gasteiger partial charge in [0.1, 0.15) is 6.04 Å². The smallest absolute Gasteiger partial charge is 0.253 e. The second-order valence-electron chi connectivity index (χ2n) is 11.1. The molecule has 1 N–H and O–H groups in total. The average molecular weight is 528 g/mol. The molecule has 9 heteroatoms. The molecular formula is C30H37N7O2. The predicted molar refractivity (Wildman–Crippen MR) is 149 cm³/mol. The summed E-state index contributed by atoms with van der Waals surface area (Å²) >= 11 is 0. The minimum absolute atomic E-state index is 0.0895. The summed E-state index contributed by atoms with van der Waals surface area (Å²) in [4.78, 5) is 23.8. The zero-order valence-electron chi connectivity index (χ0n) is 22.8. The van der Waals surface area contributed by atoms with Crippen molar-refractivity contribution in [1.29, 1.82) is 0 Å². The summed E-state index contributed by atoms with van der Waals surface area (Å²) in [5.74, 6) is 0.721. The van der Waals surface area contributed by atoms with Gasteiger partial charge in [0.15, 0.2) is 5.82 Å². The number of H-pyrrole nitrogens is 1. The number of rotatable bonds is 8. The highest BCUT2D eigenvalue weighted by atomic mass is 16.5. The van der Waals surface area contributed by atoms with E-state index in [1.807, 2.05) is 23.9 Å². The van der Waals surface area contributed by atoms with E-state index in [0.29, 0.717) is 18.7 Å². The molecule has 1 aliphatic heterocycles. The minimum Gasteiger partial charge on any atom is -0.377 e. The van der Waals surface area contributed by atoms with E-state index < -0.39 is 6.04 Å². The van der Waals surface area contributed by atoms with Crippen LogP contribution in [0.2, 0.25) is 0 Å². The number of nitrogens with one attached hydrogen (secondary N) is 1. The molecule has 0 bridgehead atoms. The van der Waals surface area contributed by atoms with Crippen LogP contribution in [0.25, 0.3) is 10.9 Å². The van der Waals surface area contributed by atoms with Gasteiger partial charge in [-0.15, -0.1) is 5.10 Å². The van der Waals surface area contributed by atoms with Gasteiger partial charge in [-0.2, -0.15) is 0 Å². The highest BCUT2D eigenvalue weighted by Crippen LogP contribution is 2.35. The molecule has 4 heterocycles. The number of hydrogen-bond acceptors (Lipinski definition) is 7. The Morgan fingerprint density at radius 2 is 1.95 bits per heavy atom. The molecule has 0 radical (unpaired) electrons. The fourth-order valence-electron chi connectivity index (χ4n) is 6.30. The first kappa shape index (κ1) is 25.8. The number of nitrogens with zero attached hydrogens (tertiary/aromatic N) is 6. The molecule has 0 spiro atoms. The Bertz CT molecular complexity index is 1470. The number of aryl methyl sites for hydroxylation is 2. The summed E-state index contributed by atoms with van der Waals surface area (Å²) < 4.78 is 8.11. The molecule has 4 aromatic rings. The van der Waals surface area contributed by atoms with Crippen molar-refractivity contribution in [2.75, 3.05) is 13.2 Å². The summed E-state index contributed by atoms with van der Waals surface area (Å²) in [6.07, 6.45) is 11.5. The number of ether oxygens (including phenoxy) is 1. The molecule has 39 heavy (non-hydrogen) atoms. The van der Waals surface area contributed by atoms with E-state index in [0.717, 1.165) is 65.7 Å². The molecule has 9 nitrogen and oxygen atoms in total. The maximum Gasteiger partial charge on any atom is 0.253 e. The number of hydrogen-bond donors (Lipinski definition) is 1. The van der Waals surface area contributed by atoms with Crippen LogP contribution in [0.3, 0.4) is 0 Å². The predicted octanol–water partition coefficient (Wildman–Crippen LogP) is 4.80. The van der Waals surface area contributed by atoms with Crippen molar-refractivity contribution < 1.29 is 4.74 Å². The number of benzene rings is 1. The van der Waals surface area contributed by atoms with Crippen molar-refractivity contribution in [2.45, 2.75) is 83.5 Å². The van der Waals surface area contributed by atoms with Crippen LogP contribution >= 0.6 is 0 Å².